The number of fused-ring (bicyclic) bond motifs is 1. The predicted octanol–water partition coefficient (Wildman–Crippen LogP) is 4.95. The molecule has 0 spiro atoms. The molecule has 3 saturated carbocycles. The van der Waals surface area contributed by atoms with Crippen LogP contribution in [0.4, 0.5) is 0 Å². The van der Waals surface area contributed by atoms with Gasteiger partial charge in [-0.1, -0.05) is 50.0 Å². The summed E-state index contributed by atoms with van der Waals surface area (Å²) >= 11 is 0. The lowest BCUT2D eigenvalue weighted by Crippen LogP contribution is -2.35. The van der Waals surface area contributed by atoms with Crippen LogP contribution in [0.2, 0.25) is 0 Å². The third kappa shape index (κ3) is 4.33. The third-order valence-corrected chi connectivity index (χ3v) is 8.34. The molecule has 0 radical (unpaired) electrons. The van der Waals surface area contributed by atoms with Crippen molar-refractivity contribution in [1.29, 1.82) is 0 Å². The maximum atomic E-state index is 10.1. The Morgan fingerprint density at radius 3 is 2.77 bits per heavy atom. The normalized spacial score (nSPS) is 44.5. The molecule has 7 atom stereocenters. The topological polar surface area (TPSA) is 53.0 Å². The quantitative estimate of drug-likeness (QED) is 0.511. The molecular weight excluding hydrogens is 372 g/mol. The van der Waals surface area contributed by atoms with Gasteiger partial charge in [-0.15, -0.1) is 0 Å². The van der Waals surface area contributed by atoms with Crippen molar-refractivity contribution in [1.82, 2.24) is 0 Å². The van der Waals surface area contributed by atoms with Gasteiger partial charge in [0.25, 0.3) is 0 Å². The number of epoxide rings is 1. The first-order valence-electron chi connectivity index (χ1n) is 11.8. The molecule has 3 nitrogen and oxygen atoms in total. The summed E-state index contributed by atoms with van der Waals surface area (Å²) in [4.78, 5) is 0. The summed E-state index contributed by atoms with van der Waals surface area (Å²) in [6.07, 6.45) is 11.6. The van der Waals surface area contributed by atoms with Gasteiger partial charge in [0, 0.05) is 12.8 Å². The second-order valence-corrected chi connectivity index (χ2v) is 10.7. The van der Waals surface area contributed by atoms with E-state index in [1.54, 1.807) is 5.57 Å². The standard InChI is InChI=1S/C27H38O3/c1-18(7-5-13-26(3)17-30-26)23-11-12-24-20(8-6-14-27(23,24)4)9-10-21-15-22(28)16-25(29)19(21)2/h9-10,18,22-25,28-29H,2,6-8,11-12,14-17H2,1,3-4H3/b20-9+,21-10-/t18-,22-,23-,24+,25+,26-,27-/m1/s1. The van der Waals surface area contributed by atoms with Crippen LogP contribution in [0.1, 0.15) is 72.1 Å². The molecule has 0 bridgehead atoms. The lowest BCUT2D eigenvalue weighted by Gasteiger charge is -2.44. The van der Waals surface area contributed by atoms with Crippen LogP contribution in [0.15, 0.2) is 35.5 Å². The highest BCUT2D eigenvalue weighted by molar-refractivity contribution is 5.38. The van der Waals surface area contributed by atoms with Crippen LogP contribution in [-0.2, 0) is 4.74 Å². The Morgan fingerprint density at radius 1 is 1.27 bits per heavy atom. The maximum Gasteiger partial charge on any atom is 0.149 e. The van der Waals surface area contributed by atoms with E-state index in [0.717, 1.165) is 36.5 Å². The van der Waals surface area contributed by atoms with Crippen LogP contribution in [0.25, 0.3) is 0 Å². The minimum atomic E-state index is -0.615. The molecule has 3 heteroatoms. The van der Waals surface area contributed by atoms with Crippen LogP contribution in [0.3, 0.4) is 0 Å². The number of ether oxygens (including phenoxy) is 1. The number of hydrogen-bond donors (Lipinski definition) is 2. The lowest BCUT2D eigenvalue weighted by atomic mass is 9.61. The van der Waals surface area contributed by atoms with Crippen molar-refractivity contribution in [3.63, 3.8) is 0 Å². The average molecular weight is 411 g/mol. The first-order chi connectivity index (χ1) is 14.2. The number of allylic oxidation sites excluding steroid dienone is 3. The monoisotopic (exact) mass is 410 g/mol. The van der Waals surface area contributed by atoms with Crippen molar-refractivity contribution in [2.75, 3.05) is 6.61 Å². The van der Waals surface area contributed by atoms with E-state index >= 15 is 0 Å². The molecule has 1 aliphatic heterocycles. The summed E-state index contributed by atoms with van der Waals surface area (Å²) in [7, 11) is 0. The summed E-state index contributed by atoms with van der Waals surface area (Å²) in [5, 5.41) is 20.2. The molecule has 1 heterocycles. The Kier molecular flexibility index (Phi) is 6.05. The lowest BCUT2D eigenvalue weighted by molar-refractivity contribution is 0.0862. The number of aliphatic hydroxyl groups excluding tert-OH is 2. The minimum Gasteiger partial charge on any atom is -0.393 e. The van der Waals surface area contributed by atoms with E-state index in [2.05, 4.69) is 51.3 Å². The Bertz CT molecular complexity index is 806. The fourth-order valence-corrected chi connectivity index (χ4v) is 6.40. The highest BCUT2D eigenvalue weighted by atomic mass is 16.6. The van der Waals surface area contributed by atoms with Crippen molar-refractivity contribution in [2.24, 2.45) is 23.2 Å². The predicted molar refractivity (Wildman–Crippen MR) is 121 cm³/mol. The first-order valence-corrected chi connectivity index (χ1v) is 11.8. The maximum absolute atomic E-state index is 10.1. The van der Waals surface area contributed by atoms with Crippen molar-refractivity contribution < 1.29 is 14.9 Å². The average Bonchev–Trinajstić information content (AvgIpc) is 3.30. The largest absolute Gasteiger partial charge is 0.393 e. The molecule has 0 aromatic carbocycles. The van der Waals surface area contributed by atoms with Gasteiger partial charge in [-0.2, -0.15) is 0 Å². The van der Waals surface area contributed by atoms with E-state index in [1.165, 1.54) is 25.7 Å². The molecule has 30 heavy (non-hydrogen) atoms. The minimum absolute atomic E-state index is 0.166. The number of aliphatic hydroxyl groups is 2. The fourth-order valence-electron chi connectivity index (χ4n) is 6.40. The summed E-state index contributed by atoms with van der Waals surface area (Å²) in [5.74, 6) is 8.68. The molecular formula is C27H38O3. The Labute approximate surface area is 182 Å². The van der Waals surface area contributed by atoms with Gasteiger partial charge in [-0.25, -0.2) is 0 Å². The third-order valence-electron chi connectivity index (χ3n) is 8.34. The number of hydrogen-bond acceptors (Lipinski definition) is 3. The first kappa shape index (κ1) is 21.9. The van der Waals surface area contributed by atoms with Gasteiger partial charge in [0.05, 0.1) is 18.8 Å². The highest BCUT2D eigenvalue weighted by Gasteiger charge is 2.50. The molecule has 3 aliphatic carbocycles. The van der Waals surface area contributed by atoms with E-state index < -0.39 is 12.2 Å². The number of rotatable bonds is 3. The zero-order valence-corrected chi connectivity index (χ0v) is 18.9. The zero-order valence-electron chi connectivity index (χ0n) is 18.9. The molecule has 2 N–H and O–H groups in total. The van der Waals surface area contributed by atoms with Crippen molar-refractivity contribution >= 4 is 0 Å². The van der Waals surface area contributed by atoms with Gasteiger partial charge in [0.15, 0.2) is 0 Å². The fraction of sp³-hybridized carbons (Fsp3) is 0.704. The van der Waals surface area contributed by atoms with Gasteiger partial charge in [0.2, 0.25) is 0 Å². The summed E-state index contributed by atoms with van der Waals surface area (Å²) < 4.78 is 5.40. The van der Waals surface area contributed by atoms with E-state index in [0.29, 0.717) is 30.1 Å². The molecule has 4 fully saturated rings. The van der Waals surface area contributed by atoms with Crippen molar-refractivity contribution in [3.05, 3.63) is 35.5 Å². The van der Waals surface area contributed by atoms with Crippen LogP contribution in [-0.4, -0.2) is 34.6 Å². The van der Waals surface area contributed by atoms with Crippen LogP contribution in [0.5, 0.6) is 0 Å². The van der Waals surface area contributed by atoms with Gasteiger partial charge in [-0.05, 0) is 79.8 Å². The molecule has 0 amide bonds. The van der Waals surface area contributed by atoms with Gasteiger partial charge in [-0.3, -0.25) is 0 Å². The molecule has 4 rings (SSSR count). The van der Waals surface area contributed by atoms with Crippen LogP contribution < -0.4 is 0 Å². The van der Waals surface area contributed by atoms with E-state index in [1.807, 2.05) is 0 Å². The van der Waals surface area contributed by atoms with Gasteiger partial charge >= 0.3 is 0 Å². The van der Waals surface area contributed by atoms with E-state index in [4.69, 9.17) is 4.74 Å². The van der Waals surface area contributed by atoms with Gasteiger partial charge < -0.3 is 14.9 Å². The summed E-state index contributed by atoms with van der Waals surface area (Å²) in [6.45, 7) is 11.8. The summed E-state index contributed by atoms with van der Waals surface area (Å²) in [5.41, 5.74) is 3.53. The van der Waals surface area contributed by atoms with Crippen LogP contribution >= 0.6 is 0 Å². The Morgan fingerprint density at radius 2 is 2.03 bits per heavy atom. The summed E-state index contributed by atoms with van der Waals surface area (Å²) in [6, 6.07) is 0. The second-order valence-electron chi connectivity index (χ2n) is 10.7. The smallest absolute Gasteiger partial charge is 0.149 e. The molecule has 4 aliphatic rings. The molecule has 0 unspecified atom stereocenters. The van der Waals surface area contributed by atoms with E-state index in [-0.39, 0.29) is 5.60 Å². The highest BCUT2D eigenvalue weighted by Crippen LogP contribution is 2.59. The van der Waals surface area contributed by atoms with Crippen molar-refractivity contribution in [3.8, 4) is 11.8 Å². The molecule has 1 saturated heterocycles. The Balaban J connectivity index is 1.48. The van der Waals surface area contributed by atoms with E-state index in [9.17, 15) is 10.2 Å². The second kappa shape index (κ2) is 8.30. The molecule has 0 aromatic rings. The molecule has 164 valence electrons. The molecule has 0 aromatic heterocycles. The zero-order chi connectivity index (χ0) is 21.5. The SMILES string of the molecule is C=C1/C(=C\C=C2/CCC[C@]3(C)[C@@H]([C@H](C)CC#C[C@]4(C)CO4)CC[C@@H]23)C[C@@H](O)C[C@@H]1O. The Hall–Kier alpha value is -1.34. The van der Waals surface area contributed by atoms with Gasteiger partial charge in [0.1, 0.15) is 5.60 Å². The van der Waals surface area contributed by atoms with Crippen molar-refractivity contribution in [2.45, 2.75) is 89.9 Å². The van der Waals surface area contributed by atoms with Crippen LogP contribution in [0, 0.1) is 35.0 Å².